The molecular weight excluding hydrogens is 238 g/mol. The highest BCUT2D eigenvalue weighted by Gasteiger charge is 2.28. The molecule has 1 aromatic carbocycles. The topological polar surface area (TPSA) is 40.5 Å². The van der Waals surface area contributed by atoms with Crippen LogP contribution in [0.15, 0.2) is 18.2 Å². The number of likely N-dealkylation sites (tertiary alicyclic amines) is 1. The first-order valence-electron chi connectivity index (χ1n) is 5.74. The van der Waals surface area contributed by atoms with Crippen LogP contribution in [0.1, 0.15) is 17.5 Å². The Balaban J connectivity index is 1.83. The molecule has 0 saturated carbocycles. The number of rotatable bonds is 4. The number of hydrogen-bond donors (Lipinski definition) is 1. The smallest absolute Gasteiger partial charge is 0.303 e. The molecule has 0 amide bonds. The summed E-state index contributed by atoms with van der Waals surface area (Å²) >= 11 is 6.06. The second-order valence-electron chi connectivity index (χ2n) is 4.74. The quantitative estimate of drug-likeness (QED) is 0.897. The van der Waals surface area contributed by atoms with Crippen molar-refractivity contribution in [3.63, 3.8) is 0 Å². The maximum Gasteiger partial charge on any atom is 0.303 e. The van der Waals surface area contributed by atoms with Gasteiger partial charge in [-0.2, -0.15) is 0 Å². The van der Waals surface area contributed by atoms with Gasteiger partial charge in [-0.15, -0.1) is 0 Å². The van der Waals surface area contributed by atoms with Gasteiger partial charge in [0.25, 0.3) is 0 Å². The van der Waals surface area contributed by atoms with Crippen molar-refractivity contribution >= 4 is 17.6 Å². The molecule has 1 heterocycles. The SMILES string of the molecule is Cc1ccc(CN2CC(CC(=O)O)C2)cc1Cl. The van der Waals surface area contributed by atoms with Gasteiger partial charge in [-0.3, -0.25) is 9.69 Å². The minimum Gasteiger partial charge on any atom is -0.481 e. The number of aryl methyl sites for hydroxylation is 1. The molecule has 1 N–H and O–H groups in total. The molecule has 0 radical (unpaired) electrons. The van der Waals surface area contributed by atoms with Gasteiger partial charge in [-0.1, -0.05) is 23.7 Å². The van der Waals surface area contributed by atoms with Crippen molar-refractivity contribution in [2.75, 3.05) is 13.1 Å². The Hall–Kier alpha value is -1.06. The zero-order chi connectivity index (χ0) is 12.4. The molecule has 0 aromatic heterocycles. The number of nitrogens with zero attached hydrogens (tertiary/aromatic N) is 1. The highest BCUT2D eigenvalue weighted by molar-refractivity contribution is 6.31. The molecule has 0 unspecified atom stereocenters. The number of carbonyl (C=O) groups is 1. The highest BCUT2D eigenvalue weighted by atomic mass is 35.5. The second kappa shape index (κ2) is 5.07. The van der Waals surface area contributed by atoms with E-state index in [2.05, 4.69) is 11.0 Å². The summed E-state index contributed by atoms with van der Waals surface area (Å²) in [5.74, 6) is -0.388. The fourth-order valence-electron chi connectivity index (χ4n) is 2.17. The van der Waals surface area contributed by atoms with Crippen LogP contribution in [-0.2, 0) is 11.3 Å². The van der Waals surface area contributed by atoms with E-state index >= 15 is 0 Å². The Labute approximate surface area is 106 Å². The van der Waals surface area contributed by atoms with Crippen LogP contribution in [0.3, 0.4) is 0 Å². The van der Waals surface area contributed by atoms with E-state index in [4.69, 9.17) is 16.7 Å². The first-order valence-corrected chi connectivity index (χ1v) is 6.11. The molecule has 1 fully saturated rings. The molecule has 0 spiro atoms. The maximum absolute atomic E-state index is 10.5. The Morgan fingerprint density at radius 3 is 2.82 bits per heavy atom. The van der Waals surface area contributed by atoms with Crippen LogP contribution >= 0.6 is 11.6 Å². The molecule has 1 aromatic rings. The molecule has 0 atom stereocenters. The third-order valence-electron chi connectivity index (χ3n) is 3.14. The van der Waals surface area contributed by atoms with Gasteiger partial charge in [0.05, 0.1) is 6.42 Å². The average Bonchev–Trinajstić information content (AvgIpc) is 2.19. The van der Waals surface area contributed by atoms with Crippen LogP contribution in [0, 0.1) is 12.8 Å². The van der Waals surface area contributed by atoms with E-state index in [1.54, 1.807) is 0 Å². The van der Waals surface area contributed by atoms with E-state index < -0.39 is 5.97 Å². The normalized spacial score (nSPS) is 16.8. The van der Waals surface area contributed by atoms with E-state index in [1.165, 1.54) is 5.56 Å². The number of aliphatic carboxylic acids is 1. The van der Waals surface area contributed by atoms with Crippen molar-refractivity contribution in [3.05, 3.63) is 34.3 Å². The van der Waals surface area contributed by atoms with Crippen molar-refractivity contribution in [2.45, 2.75) is 19.9 Å². The zero-order valence-corrected chi connectivity index (χ0v) is 10.6. The molecule has 1 aliphatic heterocycles. The van der Waals surface area contributed by atoms with Crippen molar-refractivity contribution < 1.29 is 9.90 Å². The summed E-state index contributed by atoms with van der Waals surface area (Å²) in [7, 11) is 0. The lowest BCUT2D eigenvalue weighted by Gasteiger charge is -2.38. The lowest BCUT2D eigenvalue weighted by Crippen LogP contribution is -2.46. The van der Waals surface area contributed by atoms with E-state index in [0.717, 1.165) is 30.2 Å². The van der Waals surface area contributed by atoms with Crippen molar-refractivity contribution in [2.24, 2.45) is 5.92 Å². The summed E-state index contributed by atoms with van der Waals surface area (Å²) in [5, 5.41) is 9.45. The first-order chi connectivity index (χ1) is 8.04. The molecule has 17 heavy (non-hydrogen) atoms. The summed E-state index contributed by atoms with van der Waals surface area (Å²) in [5.41, 5.74) is 2.28. The van der Waals surface area contributed by atoms with E-state index in [9.17, 15) is 4.79 Å². The minimum absolute atomic E-state index is 0.283. The fraction of sp³-hybridized carbons (Fsp3) is 0.462. The molecule has 0 bridgehead atoms. The molecule has 3 nitrogen and oxygen atoms in total. The maximum atomic E-state index is 10.5. The van der Waals surface area contributed by atoms with Gasteiger partial charge in [0.15, 0.2) is 0 Å². The van der Waals surface area contributed by atoms with E-state index in [-0.39, 0.29) is 6.42 Å². The molecule has 4 heteroatoms. The summed E-state index contributed by atoms with van der Waals surface area (Å²) in [6.45, 7) is 4.59. The molecule has 1 aliphatic rings. The Morgan fingerprint density at radius 2 is 2.24 bits per heavy atom. The summed E-state index contributed by atoms with van der Waals surface area (Å²) in [6, 6.07) is 6.08. The van der Waals surface area contributed by atoms with Gasteiger partial charge in [0.2, 0.25) is 0 Å². The van der Waals surface area contributed by atoms with E-state index in [0.29, 0.717) is 5.92 Å². The molecular formula is C13H16ClNO2. The third kappa shape index (κ3) is 3.20. The molecule has 0 aliphatic carbocycles. The van der Waals surface area contributed by atoms with Crippen LogP contribution in [0.2, 0.25) is 5.02 Å². The standard InChI is InChI=1S/C13H16ClNO2/c1-9-2-3-10(4-12(9)14)6-15-7-11(8-15)5-13(16)17/h2-4,11H,5-8H2,1H3,(H,16,17). The zero-order valence-electron chi connectivity index (χ0n) is 9.82. The average molecular weight is 254 g/mol. The van der Waals surface area contributed by atoms with Crippen LogP contribution in [0.5, 0.6) is 0 Å². The van der Waals surface area contributed by atoms with E-state index in [1.807, 2.05) is 19.1 Å². The van der Waals surface area contributed by atoms with Gasteiger partial charge in [0, 0.05) is 24.7 Å². The molecule has 2 rings (SSSR count). The number of carboxylic acid groups (broad SMARTS) is 1. The third-order valence-corrected chi connectivity index (χ3v) is 3.55. The summed E-state index contributed by atoms with van der Waals surface area (Å²) < 4.78 is 0. The minimum atomic E-state index is -0.701. The lowest BCUT2D eigenvalue weighted by molar-refractivity contribution is -0.139. The summed E-state index contributed by atoms with van der Waals surface area (Å²) in [6.07, 6.45) is 0.283. The highest BCUT2D eigenvalue weighted by Crippen LogP contribution is 2.23. The van der Waals surface area contributed by atoms with Gasteiger partial charge in [0.1, 0.15) is 0 Å². The number of halogens is 1. The predicted molar refractivity (Wildman–Crippen MR) is 67.2 cm³/mol. The Bertz CT molecular complexity index is 427. The number of benzene rings is 1. The Morgan fingerprint density at radius 1 is 1.53 bits per heavy atom. The van der Waals surface area contributed by atoms with Crippen molar-refractivity contribution in [3.8, 4) is 0 Å². The lowest BCUT2D eigenvalue weighted by atomic mass is 9.96. The van der Waals surface area contributed by atoms with Crippen LogP contribution in [-0.4, -0.2) is 29.1 Å². The van der Waals surface area contributed by atoms with Crippen molar-refractivity contribution in [1.29, 1.82) is 0 Å². The summed E-state index contributed by atoms with van der Waals surface area (Å²) in [4.78, 5) is 12.8. The number of carboxylic acids is 1. The van der Waals surface area contributed by atoms with Crippen LogP contribution in [0.4, 0.5) is 0 Å². The van der Waals surface area contributed by atoms with Crippen LogP contribution in [0.25, 0.3) is 0 Å². The second-order valence-corrected chi connectivity index (χ2v) is 5.15. The monoisotopic (exact) mass is 253 g/mol. The molecule has 92 valence electrons. The van der Waals surface area contributed by atoms with Gasteiger partial charge < -0.3 is 5.11 Å². The van der Waals surface area contributed by atoms with Gasteiger partial charge in [-0.25, -0.2) is 0 Å². The molecule has 1 saturated heterocycles. The largest absolute Gasteiger partial charge is 0.481 e. The van der Waals surface area contributed by atoms with Crippen molar-refractivity contribution in [1.82, 2.24) is 4.90 Å². The van der Waals surface area contributed by atoms with Gasteiger partial charge in [-0.05, 0) is 30.0 Å². The predicted octanol–water partition coefficient (Wildman–Crippen LogP) is 2.55. The van der Waals surface area contributed by atoms with Crippen LogP contribution < -0.4 is 0 Å². The van der Waals surface area contributed by atoms with Gasteiger partial charge >= 0.3 is 5.97 Å². The fourth-order valence-corrected chi connectivity index (χ4v) is 2.38. The first kappa shape index (κ1) is 12.4. The number of hydrogen-bond acceptors (Lipinski definition) is 2. The Kier molecular flexibility index (Phi) is 3.69.